The summed E-state index contributed by atoms with van der Waals surface area (Å²) in [4.78, 5) is 30.7. The summed E-state index contributed by atoms with van der Waals surface area (Å²) in [5.41, 5.74) is 5.56. The van der Waals surface area contributed by atoms with Crippen molar-refractivity contribution in [3.63, 3.8) is 0 Å². The van der Waals surface area contributed by atoms with Gasteiger partial charge >= 0.3 is 0 Å². The van der Waals surface area contributed by atoms with Gasteiger partial charge in [0.1, 0.15) is 6.04 Å². The highest BCUT2D eigenvalue weighted by Gasteiger charge is 2.32. The summed E-state index contributed by atoms with van der Waals surface area (Å²) in [6.45, 7) is 8.65. The molecule has 5 nitrogen and oxygen atoms in total. The molecule has 2 aliphatic rings. The van der Waals surface area contributed by atoms with E-state index in [1.54, 1.807) is 4.90 Å². The van der Waals surface area contributed by atoms with Crippen LogP contribution in [-0.4, -0.2) is 35.8 Å². The predicted molar refractivity (Wildman–Crippen MR) is 126 cm³/mol. The molecule has 1 unspecified atom stereocenters. The molecule has 160 valence electrons. The highest BCUT2D eigenvalue weighted by Crippen LogP contribution is 2.35. The number of carbonyl (C=O) groups excluding carboxylic acids is 2. The minimum absolute atomic E-state index is 0.0857. The van der Waals surface area contributed by atoms with E-state index in [4.69, 9.17) is 0 Å². The maximum Gasteiger partial charge on any atom is 0.247 e. The lowest BCUT2D eigenvalue weighted by Gasteiger charge is -2.30. The maximum atomic E-state index is 13.0. The third-order valence-electron chi connectivity index (χ3n) is 6.14. The number of benzene rings is 1. The molecule has 0 spiro atoms. The van der Waals surface area contributed by atoms with Gasteiger partial charge in [-0.2, -0.15) is 0 Å². The molecule has 30 heavy (non-hydrogen) atoms. The molecule has 1 saturated heterocycles. The standard InChI is InChI=1S/C23H28BrN3O2S/c1-4-18(27-8-5-6-21(27)28)23(29)25-22-14(2)10-17(11-15(22)3)26-9-7-19-16(13-26)12-20(24)30-19/h10-12,18H,4-9,13H2,1-3H3,(H,25,29). The molecule has 2 aromatic rings. The lowest BCUT2D eigenvalue weighted by Crippen LogP contribution is -2.44. The predicted octanol–water partition coefficient (Wildman–Crippen LogP) is 5.03. The Bertz CT molecular complexity index is 964. The quantitative estimate of drug-likeness (QED) is 0.640. The summed E-state index contributed by atoms with van der Waals surface area (Å²) in [7, 11) is 0. The van der Waals surface area contributed by atoms with Gasteiger partial charge in [-0.15, -0.1) is 11.3 Å². The Kier molecular flexibility index (Phi) is 6.21. The van der Waals surface area contributed by atoms with Gasteiger partial charge in [0, 0.05) is 42.3 Å². The molecular weight excluding hydrogens is 462 g/mol. The summed E-state index contributed by atoms with van der Waals surface area (Å²) in [6, 6.07) is 6.16. The van der Waals surface area contributed by atoms with E-state index in [0.29, 0.717) is 19.4 Å². The molecule has 2 aliphatic heterocycles. The lowest BCUT2D eigenvalue weighted by molar-refractivity contribution is -0.135. The van der Waals surface area contributed by atoms with Crippen molar-refractivity contribution in [2.24, 2.45) is 0 Å². The summed E-state index contributed by atoms with van der Waals surface area (Å²) in [5, 5.41) is 3.12. The number of hydrogen-bond acceptors (Lipinski definition) is 4. The summed E-state index contributed by atoms with van der Waals surface area (Å²) in [6.07, 6.45) is 3.08. The van der Waals surface area contributed by atoms with Crippen LogP contribution in [0.2, 0.25) is 0 Å². The average molecular weight is 490 g/mol. The van der Waals surface area contributed by atoms with E-state index in [1.807, 2.05) is 32.1 Å². The molecule has 1 fully saturated rings. The smallest absolute Gasteiger partial charge is 0.247 e. The van der Waals surface area contributed by atoms with E-state index in [-0.39, 0.29) is 11.8 Å². The molecule has 2 amide bonds. The van der Waals surface area contributed by atoms with Gasteiger partial charge in [-0.1, -0.05) is 6.92 Å². The Labute approximate surface area is 190 Å². The van der Waals surface area contributed by atoms with Crippen molar-refractivity contribution in [2.75, 3.05) is 23.3 Å². The first-order chi connectivity index (χ1) is 14.4. The highest BCUT2D eigenvalue weighted by molar-refractivity contribution is 9.11. The minimum Gasteiger partial charge on any atom is -0.367 e. The Balaban J connectivity index is 1.51. The van der Waals surface area contributed by atoms with E-state index in [1.165, 1.54) is 19.9 Å². The van der Waals surface area contributed by atoms with Crippen molar-refractivity contribution in [1.29, 1.82) is 0 Å². The van der Waals surface area contributed by atoms with Crippen molar-refractivity contribution >= 4 is 50.5 Å². The van der Waals surface area contributed by atoms with Crippen LogP contribution in [-0.2, 0) is 22.6 Å². The van der Waals surface area contributed by atoms with Crippen molar-refractivity contribution in [3.8, 4) is 0 Å². The maximum absolute atomic E-state index is 13.0. The van der Waals surface area contributed by atoms with Crippen LogP contribution < -0.4 is 10.2 Å². The highest BCUT2D eigenvalue weighted by atomic mass is 79.9. The zero-order chi connectivity index (χ0) is 21.4. The lowest BCUT2D eigenvalue weighted by atomic mass is 10.0. The number of rotatable bonds is 5. The Hall–Kier alpha value is -1.86. The Morgan fingerprint density at radius 3 is 2.57 bits per heavy atom. The SMILES string of the molecule is CCC(C(=O)Nc1c(C)cc(N2CCc3sc(Br)cc3C2)cc1C)N1CCCC1=O. The largest absolute Gasteiger partial charge is 0.367 e. The second-order valence-electron chi connectivity index (χ2n) is 8.23. The number of nitrogens with one attached hydrogen (secondary N) is 1. The Morgan fingerprint density at radius 1 is 1.20 bits per heavy atom. The van der Waals surface area contributed by atoms with Gasteiger partial charge in [0.2, 0.25) is 11.8 Å². The number of fused-ring (bicyclic) bond motifs is 1. The van der Waals surface area contributed by atoms with Crippen molar-refractivity contribution in [1.82, 2.24) is 4.90 Å². The molecule has 0 radical (unpaired) electrons. The van der Waals surface area contributed by atoms with E-state index in [9.17, 15) is 9.59 Å². The average Bonchev–Trinajstić information content (AvgIpc) is 3.29. The molecule has 1 N–H and O–H groups in total. The molecule has 0 bridgehead atoms. The van der Waals surface area contributed by atoms with E-state index in [2.05, 4.69) is 44.3 Å². The van der Waals surface area contributed by atoms with Crippen LogP contribution in [0.4, 0.5) is 11.4 Å². The van der Waals surface area contributed by atoms with Crippen LogP contribution in [0.15, 0.2) is 22.0 Å². The molecule has 1 atom stereocenters. The van der Waals surface area contributed by atoms with Crippen LogP contribution in [0.3, 0.4) is 0 Å². The van der Waals surface area contributed by atoms with E-state index < -0.39 is 6.04 Å². The molecule has 0 aliphatic carbocycles. The monoisotopic (exact) mass is 489 g/mol. The third kappa shape index (κ3) is 4.14. The number of carbonyl (C=O) groups is 2. The first-order valence-corrected chi connectivity index (χ1v) is 12.2. The first-order valence-electron chi connectivity index (χ1n) is 10.6. The van der Waals surface area contributed by atoms with Crippen LogP contribution in [0.5, 0.6) is 0 Å². The molecule has 1 aromatic heterocycles. The zero-order valence-corrected chi connectivity index (χ0v) is 20.2. The van der Waals surface area contributed by atoms with Gasteiger partial charge in [0.05, 0.1) is 3.79 Å². The van der Waals surface area contributed by atoms with Crippen molar-refractivity contribution in [3.05, 3.63) is 43.6 Å². The molecule has 1 aromatic carbocycles. The van der Waals surface area contributed by atoms with Gasteiger partial charge < -0.3 is 15.1 Å². The van der Waals surface area contributed by atoms with E-state index >= 15 is 0 Å². The first kappa shape index (κ1) is 21.4. The number of hydrogen-bond donors (Lipinski definition) is 1. The number of halogens is 1. The number of nitrogens with zero attached hydrogens (tertiary/aromatic N) is 2. The second-order valence-corrected chi connectivity index (χ2v) is 10.7. The number of likely N-dealkylation sites (tertiary alicyclic amines) is 1. The number of thiophene rings is 1. The van der Waals surface area contributed by atoms with Crippen molar-refractivity contribution in [2.45, 2.75) is 59.0 Å². The fraction of sp³-hybridized carbons (Fsp3) is 0.478. The van der Waals surface area contributed by atoms with Crippen LogP contribution in [0.25, 0.3) is 0 Å². The Morgan fingerprint density at radius 2 is 1.93 bits per heavy atom. The van der Waals surface area contributed by atoms with Gasteiger partial charge in [0.25, 0.3) is 0 Å². The minimum atomic E-state index is -0.393. The fourth-order valence-corrected chi connectivity index (χ4v) is 6.34. The summed E-state index contributed by atoms with van der Waals surface area (Å²) >= 11 is 5.44. The summed E-state index contributed by atoms with van der Waals surface area (Å²) in [5.74, 6) is 0.00256. The normalized spacial score (nSPS) is 17.3. The van der Waals surface area contributed by atoms with Gasteiger partial charge in [-0.25, -0.2) is 0 Å². The summed E-state index contributed by atoms with van der Waals surface area (Å²) < 4.78 is 1.20. The van der Waals surface area contributed by atoms with Gasteiger partial charge in [-0.05, 0) is 83.9 Å². The van der Waals surface area contributed by atoms with Gasteiger partial charge in [0.15, 0.2) is 0 Å². The number of amides is 2. The second kappa shape index (κ2) is 8.71. The topological polar surface area (TPSA) is 52.7 Å². The number of anilines is 2. The fourth-order valence-electron chi connectivity index (χ4n) is 4.59. The van der Waals surface area contributed by atoms with Crippen LogP contribution in [0.1, 0.15) is 47.8 Å². The number of aryl methyl sites for hydroxylation is 2. The van der Waals surface area contributed by atoms with Crippen LogP contribution in [0, 0.1) is 13.8 Å². The molecule has 4 rings (SSSR count). The third-order valence-corrected chi connectivity index (χ3v) is 7.88. The van der Waals surface area contributed by atoms with Crippen LogP contribution >= 0.6 is 27.3 Å². The zero-order valence-electron chi connectivity index (χ0n) is 17.8. The van der Waals surface area contributed by atoms with Crippen molar-refractivity contribution < 1.29 is 9.59 Å². The molecule has 3 heterocycles. The van der Waals surface area contributed by atoms with Gasteiger partial charge in [-0.3, -0.25) is 9.59 Å². The molecular formula is C23H28BrN3O2S. The van der Waals surface area contributed by atoms with E-state index in [0.717, 1.165) is 42.7 Å². The molecule has 7 heteroatoms. The molecule has 0 saturated carbocycles.